The molecule has 0 spiro atoms. The Bertz CT molecular complexity index is 587. The van der Waals surface area contributed by atoms with Crippen molar-refractivity contribution in [2.75, 3.05) is 18.5 Å². The Morgan fingerprint density at radius 2 is 1.95 bits per heavy atom. The maximum atomic E-state index is 11.1. The molecule has 1 aromatic heterocycles. The topological polar surface area (TPSA) is 88.3 Å². The zero-order valence-electron chi connectivity index (χ0n) is 10.8. The van der Waals surface area contributed by atoms with E-state index in [1.165, 1.54) is 6.07 Å². The normalized spacial score (nSPS) is 10.2. The van der Waals surface area contributed by atoms with Gasteiger partial charge in [0.25, 0.3) is 5.69 Å². The van der Waals surface area contributed by atoms with Gasteiger partial charge in [0, 0.05) is 24.8 Å². The summed E-state index contributed by atoms with van der Waals surface area (Å²) in [5.74, 6) is 0.558. The predicted molar refractivity (Wildman–Crippen MR) is 76.5 cm³/mol. The van der Waals surface area contributed by atoms with Crippen molar-refractivity contribution in [3.63, 3.8) is 0 Å². The van der Waals surface area contributed by atoms with E-state index in [2.05, 4.69) is 10.3 Å². The van der Waals surface area contributed by atoms with Crippen LogP contribution in [0.5, 0.6) is 0 Å². The molecule has 0 aliphatic carbocycles. The molecule has 6 heteroatoms. The average molecular weight is 273 g/mol. The first-order valence-corrected chi connectivity index (χ1v) is 6.28. The van der Waals surface area contributed by atoms with Gasteiger partial charge in [-0.3, -0.25) is 10.1 Å². The van der Waals surface area contributed by atoms with Gasteiger partial charge in [-0.05, 0) is 12.5 Å². The molecule has 104 valence electrons. The second kappa shape index (κ2) is 6.63. The lowest BCUT2D eigenvalue weighted by Gasteiger charge is -2.07. The first-order valence-electron chi connectivity index (χ1n) is 6.28. The first-order chi connectivity index (χ1) is 9.72. The molecule has 0 aliphatic heterocycles. The third kappa shape index (κ3) is 3.30. The number of nitrogens with one attached hydrogen (secondary N) is 1. The maximum Gasteiger partial charge on any atom is 0.295 e. The lowest BCUT2D eigenvalue weighted by molar-refractivity contribution is -0.384. The molecule has 0 aliphatic rings. The summed E-state index contributed by atoms with van der Waals surface area (Å²) >= 11 is 0. The fraction of sp³-hybridized carbons (Fsp3) is 0.214. The molecule has 1 aromatic carbocycles. The largest absolute Gasteiger partial charge is 0.396 e. The SMILES string of the molecule is O=[N+]([O-])c1ccc(NCCCO)nc1-c1ccccc1. The van der Waals surface area contributed by atoms with E-state index in [9.17, 15) is 10.1 Å². The lowest BCUT2D eigenvalue weighted by Crippen LogP contribution is -2.06. The Kier molecular flexibility index (Phi) is 4.62. The van der Waals surface area contributed by atoms with Crippen molar-refractivity contribution in [1.82, 2.24) is 4.98 Å². The summed E-state index contributed by atoms with van der Waals surface area (Å²) in [6.07, 6.45) is 0.597. The third-order valence-corrected chi connectivity index (χ3v) is 2.76. The predicted octanol–water partition coefficient (Wildman–Crippen LogP) is 2.45. The minimum absolute atomic E-state index is 0.0242. The second-order valence-electron chi connectivity index (χ2n) is 4.19. The Morgan fingerprint density at radius 1 is 1.20 bits per heavy atom. The molecule has 1 heterocycles. The van der Waals surface area contributed by atoms with Crippen LogP contribution in [0.4, 0.5) is 11.5 Å². The van der Waals surface area contributed by atoms with Gasteiger partial charge in [-0.2, -0.15) is 0 Å². The van der Waals surface area contributed by atoms with Crippen molar-refractivity contribution in [2.45, 2.75) is 6.42 Å². The van der Waals surface area contributed by atoms with Crippen LogP contribution in [0.25, 0.3) is 11.3 Å². The molecule has 0 amide bonds. The zero-order chi connectivity index (χ0) is 14.4. The van der Waals surface area contributed by atoms with Crippen LogP contribution in [0.3, 0.4) is 0 Å². The van der Waals surface area contributed by atoms with Crippen LogP contribution in [0.2, 0.25) is 0 Å². The van der Waals surface area contributed by atoms with Gasteiger partial charge in [0.1, 0.15) is 5.82 Å². The van der Waals surface area contributed by atoms with Gasteiger partial charge in [-0.25, -0.2) is 4.98 Å². The molecule has 0 radical (unpaired) electrons. The molecule has 2 aromatic rings. The molecule has 2 N–H and O–H groups in total. The van der Waals surface area contributed by atoms with E-state index >= 15 is 0 Å². The van der Waals surface area contributed by atoms with Crippen molar-refractivity contribution >= 4 is 11.5 Å². The first kappa shape index (κ1) is 14.0. The number of hydrogen-bond donors (Lipinski definition) is 2. The molecular formula is C14H15N3O3. The molecular weight excluding hydrogens is 258 g/mol. The van der Waals surface area contributed by atoms with Gasteiger partial charge in [0.05, 0.1) is 4.92 Å². The van der Waals surface area contributed by atoms with Crippen LogP contribution in [-0.4, -0.2) is 28.2 Å². The summed E-state index contributed by atoms with van der Waals surface area (Å²) in [6, 6.07) is 12.1. The van der Waals surface area contributed by atoms with E-state index in [4.69, 9.17) is 5.11 Å². The maximum absolute atomic E-state index is 11.1. The number of hydrogen-bond acceptors (Lipinski definition) is 5. The number of benzene rings is 1. The fourth-order valence-corrected chi connectivity index (χ4v) is 1.80. The standard InChI is InChI=1S/C14H15N3O3/c18-10-4-9-15-13-8-7-12(17(19)20)14(16-13)11-5-2-1-3-6-11/h1-3,5-8,18H,4,9-10H2,(H,15,16). The molecule has 0 saturated heterocycles. The van der Waals surface area contributed by atoms with Crippen LogP contribution in [0.15, 0.2) is 42.5 Å². The minimum atomic E-state index is -0.438. The fourth-order valence-electron chi connectivity index (χ4n) is 1.80. The summed E-state index contributed by atoms with van der Waals surface area (Å²) in [4.78, 5) is 14.9. The van der Waals surface area contributed by atoms with Crippen molar-refractivity contribution in [1.29, 1.82) is 0 Å². The van der Waals surface area contributed by atoms with Crippen LogP contribution in [0, 0.1) is 10.1 Å². The Balaban J connectivity index is 2.35. The summed E-state index contributed by atoms with van der Waals surface area (Å²) in [5.41, 5.74) is 1.01. The quantitative estimate of drug-likeness (QED) is 0.479. The number of nitrogens with zero attached hydrogens (tertiary/aromatic N) is 2. The molecule has 20 heavy (non-hydrogen) atoms. The molecule has 0 fully saturated rings. The third-order valence-electron chi connectivity index (χ3n) is 2.76. The van der Waals surface area contributed by atoms with Gasteiger partial charge in [-0.15, -0.1) is 0 Å². The highest BCUT2D eigenvalue weighted by Gasteiger charge is 2.17. The highest BCUT2D eigenvalue weighted by molar-refractivity contribution is 5.71. The molecule has 0 unspecified atom stereocenters. The number of rotatable bonds is 6. The van der Waals surface area contributed by atoms with E-state index < -0.39 is 4.92 Å². The van der Waals surface area contributed by atoms with E-state index in [1.54, 1.807) is 18.2 Å². The molecule has 6 nitrogen and oxygen atoms in total. The Labute approximate surface area is 116 Å². The summed E-state index contributed by atoms with van der Waals surface area (Å²) < 4.78 is 0. The summed E-state index contributed by atoms with van der Waals surface area (Å²) in [7, 11) is 0. The van der Waals surface area contributed by atoms with E-state index in [-0.39, 0.29) is 12.3 Å². The molecule has 0 bridgehead atoms. The highest BCUT2D eigenvalue weighted by atomic mass is 16.6. The minimum Gasteiger partial charge on any atom is -0.396 e. The number of pyridine rings is 1. The highest BCUT2D eigenvalue weighted by Crippen LogP contribution is 2.29. The van der Waals surface area contributed by atoms with Crippen molar-refractivity contribution in [3.8, 4) is 11.3 Å². The van der Waals surface area contributed by atoms with Crippen LogP contribution >= 0.6 is 0 Å². The summed E-state index contributed by atoms with van der Waals surface area (Å²) in [6.45, 7) is 0.654. The van der Waals surface area contributed by atoms with Crippen LogP contribution < -0.4 is 5.32 Å². The summed E-state index contributed by atoms with van der Waals surface area (Å²) in [5, 5.41) is 22.9. The number of aliphatic hydroxyl groups excluding tert-OH is 1. The van der Waals surface area contributed by atoms with Crippen LogP contribution in [0.1, 0.15) is 6.42 Å². The van der Waals surface area contributed by atoms with Crippen LogP contribution in [-0.2, 0) is 0 Å². The van der Waals surface area contributed by atoms with Gasteiger partial charge in [0.2, 0.25) is 0 Å². The van der Waals surface area contributed by atoms with E-state index in [0.717, 1.165) is 0 Å². The van der Waals surface area contributed by atoms with Crippen molar-refractivity contribution < 1.29 is 10.0 Å². The molecule has 2 rings (SSSR count). The van der Waals surface area contributed by atoms with Gasteiger partial charge in [0.15, 0.2) is 5.69 Å². The van der Waals surface area contributed by atoms with E-state index in [1.807, 2.05) is 18.2 Å². The molecule has 0 saturated carbocycles. The van der Waals surface area contributed by atoms with Crippen molar-refractivity contribution in [3.05, 3.63) is 52.6 Å². The van der Waals surface area contributed by atoms with Gasteiger partial charge >= 0.3 is 0 Å². The lowest BCUT2D eigenvalue weighted by atomic mass is 10.1. The molecule has 0 atom stereocenters. The number of aromatic nitrogens is 1. The zero-order valence-corrected chi connectivity index (χ0v) is 10.8. The van der Waals surface area contributed by atoms with E-state index in [0.29, 0.717) is 30.0 Å². The van der Waals surface area contributed by atoms with Gasteiger partial charge < -0.3 is 10.4 Å². The number of nitro groups is 1. The number of anilines is 1. The average Bonchev–Trinajstić information content (AvgIpc) is 2.48. The van der Waals surface area contributed by atoms with Crippen molar-refractivity contribution in [2.24, 2.45) is 0 Å². The van der Waals surface area contributed by atoms with Gasteiger partial charge in [-0.1, -0.05) is 30.3 Å². The monoisotopic (exact) mass is 273 g/mol. The Morgan fingerprint density at radius 3 is 2.60 bits per heavy atom. The number of aliphatic hydroxyl groups is 1. The second-order valence-corrected chi connectivity index (χ2v) is 4.19. The smallest absolute Gasteiger partial charge is 0.295 e. The Hall–Kier alpha value is -2.47.